The fourth-order valence-corrected chi connectivity index (χ4v) is 2.70. The molecule has 3 atom stereocenters. The SMILES string of the molecule is CCNCC(C)C(C)N1CCCC1CC. The van der Waals surface area contributed by atoms with Crippen LogP contribution in [-0.2, 0) is 0 Å². The summed E-state index contributed by atoms with van der Waals surface area (Å²) in [7, 11) is 0. The number of hydrogen-bond acceptors (Lipinski definition) is 2. The molecule has 0 aromatic carbocycles. The fraction of sp³-hybridized carbons (Fsp3) is 1.00. The predicted molar refractivity (Wildman–Crippen MR) is 67.2 cm³/mol. The van der Waals surface area contributed by atoms with Gasteiger partial charge in [-0.15, -0.1) is 0 Å². The molecule has 0 aliphatic carbocycles. The van der Waals surface area contributed by atoms with Crippen LogP contribution in [0, 0.1) is 5.92 Å². The maximum Gasteiger partial charge on any atom is 0.0108 e. The number of rotatable bonds is 6. The van der Waals surface area contributed by atoms with Crippen LogP contribution in [0.2, 0.25) is 0 Å². The molecule has 1 heterocycles. The van der Waals surface area contributed by atoms with Crippen LogP contribution < -0.4 is 5.32 Å². The summed E-state index contributed by atoms with van der Waals surface area (Å²) in [6, 6.07) is 1.58. The standard InChI is InChI=1S/C13H28N2/c1-5-13-8-7-9-15(13)12(4)11(3)10-14-6-2/h11-14H,5-10H2,1-4H3. The Morgan fingerprint density at radius 2 is 2.07 bits per heavy atom. The third kappa shape index (κ3) is 3.46. The summed E-state index contributed by atoms with van der Waals surface area (Å²) >= 11 is 0. The second kappa shape index (κ2) is 6.49. The highest BCUT2D eigenvalue weighted by atomic mass is 15.2. The predicted octanol–water partition coefficient (Wildman–Crippen LogP) is 2.49. The Bertz CT molecular complexity index is 170. The molecule has 0 aromatic rings. The summed E-state index contributed by atoms with van der Waals surface area (Å²) in [5, 5.41) is 3.46. The van der Waals surface area contributed by atoms with Gasteiger partial charge in [0.1, 0.15) is 0 Å². The summed E-state index contributed by atoms with van der Waals surface area (Å²) in [4.78, 5) is 2.72. The smallest absolute Gasteiger partial charge is 0.0108 e. The maximum atomic E-state index is 3.46. The van der Waals surface area contributed by atoms with E-state index in [0.717, 1.165) is 31.1 Å². The van der Waals surface area contributed by atoms with Crippen LogP contribution in [0.25, 0.3) is 0 Å². The van der Waals surface area contributed by atoms with E-state index in [9.17, 15) is 0 Å². The van der Waals surface area contributed by atoms with E-state index < -0.39 is 0 Å². The van der Waals surface area contributed by atoms with Gasteiger partial charge in [-0.2, -0.15) is 0 Å². The second-order valence-corrected chi connectivity index (χ2v) is 4.97. The zero-order valence-electron chi connectivity index (χ0n) is 10.9. The van der Waals surface area contributed by atoms with Crippen molar-refractivity contribution in [3.63, 3.8) is 0 Å². The van der Waals surface area contributed by atoms with Crippen molar-refractivity contribution in [3.8, 4) is 0 Å². The molecule has 0 saturated carbocycles. The second-order valence-electron chi connectivity index (χ2n) is 4.97. The van der Waals surface area contributed by atoms with Crippen molar-refractivity contribution in [1.29, 1.82) is 0 Å². The van der Waals surface area contributed by atoms with Crippen molar-refractivity contribution in [3.05, 3.63) is 0 Å². The highest BCUT2D eigenvalue weighted by Gasteiger charge is 2.29. The molecule has 1 aliphatic rings. The Balaban J connectivity index is 2.40. The van der Waals surface area contributed by atoms with Gasteiger partial charge in [-0.05, 0) is 51.7 Å². The lowest BCUT2D eigenvalue weighted by Crippen LogP contribution is -2.43. The molecule has 1 rings (SSSR count). The van der Waals surface area contributed by atoms with Gasteiger partial charge in [0.2, 0.25) is 0 Å². The molecule has 3 unspecified atom stereocenters. The third-order valence-corrected chi connectivity index (χ3v) is 3.96. The number of nitrogens with one attached hydrogen (secondary N) is 1. The van der Waals surface area contributed by atoms with Crippen molar-refractivity contribution < 1.29 is 0 Å². The first-order valence-electron chi connectivity index (χ1n) is 6.67. The van der Waals surface area contributed by atoms with Gasteiger partial charge in [0.25, 0.3) is 0 Å². The van der Waals surface area contributed by atoms with E-state index in [1.54, 1.807) is 0 Å². The highest BCUT2D eigenvalue weighted by Crippen LogP contribution is 2.25. The molecule has 1 aliphatic heterocycles. The minimum absolute atomic E-state index is 0.733. The van der Waals surface area contributed by atoms with Gasteiger partial charge in [-0.3, -0.25) is 4.90 Å². The van der Waals surface area contributed by atoms with Crippen molar-refractivity contribution in [1.82, 2.24) is 10.2 Å². The Morgan fingerprint density at radius 3 is 2.67 bits per heavy atom. The first kappa shape index (κ1) is 13.0. The van der Waals surface area contributed by atoms with Crippen LogP contribution in [0.3, 0.4) is 0 Å². The molecule has 1 fully saturated rings. The normalized spacial score (nSPS) is 26.8. The lowest BCUT2D eigenvalue weighted by atomic mass is 10.0. The number of likely N-dealkylation sites (tertiary alicyclic amines) is 1. The van der Waals surface area contributed by atoms with Crippen molar-refractivity contribution in [2.24, 2.45) is 5.92 Å². The number of hydrogen-bond donors (Lipinski definition) is 1. The molecular weight excluding hydrogens is 184 g/mol. The Labute approximate surface area is 95.4 Å². The van der Waals surface area contributed by atoms with Crippen LogP contribution in [0.4, 0.5) is 0 Å². The van der Waals surface area contributed by atoms with E-state index in [0.29, 0.717) is 0 Å². The molecule has 2 nitrogen and oxygen atoms in total. The molecule has 0 aromatic heterocycles. The summed E-state index contributed by atoms with van der Waals surface area (Å²) in [5.74, 6) is 0.761. The quantitative estimate of drug-likeness (QED) is 0.728. The molecule has 90 valence electrons. The molecule has 1 N–H and O–H groups in total. The van der Waals surface area contributed by atoms with Crippen LogP contribution >= 0.6 is 0 Å². The van der Waals surface area contributed by atoms with Crippen LogP contribution in [0.5, 0.6) is 0 Å². The lowest BCUT2D eigenvalue weighted by Gasteiger charge is -2.34. The highest BCUT2D eigenvalue weighted by molar-refractivity contribution is 4.84. The van der Waals surface area contributed by atoms with Crippen LogP contribution in [-0.4, -0.2) is 36.6 Å². The van der Waals surface area contributed by atoms with Crippen LogP contribution in [0.15, 0.2) is 0 Å². The van der Waals surface area contributed by atoms with E-state index in [1.807, 2.05) is 0 Å². The minimum Gasteiger partial charge on any atom is -0.317 e. The summed E-state index contributed by atoms with van der Waals surface area (Å²) in [5.41, 5.74) is 0. The van der Waals surface area contributed by atoms with E-state index in [-0.39, 0.29) is 0 Å². The Morgan fingerprint density at radius 1 is 1.33 bits per heavy atom. The average molecular weight is 212 g/mol. The Hall–Kier alpha value is -0.0800. The van der Waals surface area contributed by atoms with Crippen molar-refractivity contribution in [2.75, 3.05) is 19.6 Å². The molecule has 15 heavy (non-hydrogen) atoms. The van der Waals surface area contributed by atoms with Gasteiger partial charge < -0.3 is 5.32 Å². The molecule has 0 amide bonds. The van der Waals surface area contributed by atoms with Crippen molar-refractivity contribution in [2.45, 2.75) is 59.0 Å². The average Bonchev–Trinajstić information content (AvgIpc) is 2.72. The molecule has 2 heteroatoms. The van der Waals surface area contributed by atoms with E-state index in [2.05, 4.69) is 37.9 Å². The minimum atomic E-state index is 0.733. The van der Waals surface area contributed by atoms with Gasteiger partial charge in [0.15, 0.2) is 0 Å². The zero-order chi connectivity index (χ0) is 11.3. The summed E-state index contributed by atoms with van der Waals surface area (Å²) in [6.45, 7) is 12.8. The van der Waals surface area contributed by atoms with Crippen molar-refractivity contribution >= 4 is 0 Å². The van der Waals surface area contributed by atoms with Gasteiger partial charge >= 0.3 is 0 Å². The summed E-state index contributed by atoms with van der Waals surface area (Å²) < 4.78 is 0. The van der Waals surface area contributed by atoms with E-state index in [4.69, 9.17) is 0 Å². The van der Waals surface area contributed by atoms with Gasteiger partial charge in [-0.25, -0.2) is 0 Å². The maximum absolute atomic E-state index is 3.46. The largest absolute Gasteiger partial charge is 0.317 e. The van der Waals surface area contributed by atoms with Gasteiger partial charge in [-0.1, -0.05) is 20.8 Å². The monoisotopic (exact) mass is 212 g/mol. The van der Waals surface area contributed by atoms with E-state index in [1.165, 1.54) is 25.8 Å². The molecular formula is C13H28N2. The van der Waals surface area contributed by atoms with Crippen LogP contribution in [0.1, 0.15) is 47.0 Å². The molecule has 1 saturated heterocycles. The topological polar surface area (TPSA) is 15.3 Å². The van der Waals surface area contributed by atoms with E-state index >= 15 is 0 Å². The lowest BCUT2D eigenvalue weighted by molar-refractivity contribution is 0.142. The first-order chi connectivity index (χ1) is 7.20. The fourth-order valence-electron chi connectivity index (χ4n) is 2.70. The third-order valence-electron chi connectivity index (χ3n) is 3.96. The number of nitrogens with zero attached hydrogens (tertiary/aromatic N) is 1. The molecule has 0 spiro atoms. The molecule has 0 radical (unpaired) electrons. The van der Waals surface area contributed by atoms with Gasteiger partial charge in [0, 0.05) is 12.1 Å². The van der Waals surface area contributed by atoms with Gasteiger partial charge in [0.05, 0.1) is 0 Å². The summed E-state index contributed by atoms with van der Waals surface area (Å²) in [6.07, 6.45) is 4.13. The Kier molecular flexibility index (Phi) is 5.62. The molecule has 0 bridgehead atoms. The zero-order valence-corrected chi connectivity index (χ0v) is 10.9. The first-order valence-corrected chi connectivity index (χ1v) is 6.67.